The molecular formula is C24H34N4O4. The maximum atomic E-state index is 5.59. The van der Waals surface area contributed by atoms with Crippen LogP contribution in [-0.4, -0.2) is 79.1 Å². The Balaban J connectivity index is 1.54. The second-order valence-corrected chi connectivity index (χ2v) is 7.39. The summed E-state index contributed by atoms with van der Waals surface area (Å²) >= 11 is 0. The first-order valence-electron chi connectivity index (χ1n) is 10.8. The van der Waals surface area contributed by atoms with Crippen molar-refractivity contribution in [3.05, 3.63) is 42.0 Å². The van der Waals surface area contributed by atoms with Gasteiger partial charge < -0.3 is 34.1 Å². The van der Waals surface area contributed by atoms with Gasteiger partial charge in [-0.15, -0.1) is 0 Å². The average molecular weight is 443 g/mol. The second-order valence-electron chi connectivity index (χ2n) is 7.39. The molecule has 0 radical (unpaired) electrons. The van der Waals surface area contributed by atoms with E-state index in [9.17, 15) is 0 Å². The van der Waals surface area contributed by atoms with Gasteiger partial charge in [0.1, 0.15) is 5.75 Å². The van der Waals surface area contributed by atoms with Crippen LogP contribution in [0.5, 0.6) is 23.0 Å². The lowest BCUT2D eigenvalue weighted by Crippen LogP contribution is -2.52. The predicted molar refractivity (Wildman–Crippen MR) is 128 cm³/mol. The molecule has 2 aromatic carbocycles. The Morgan fingerprint density at radius 2 is 1.53 bits per heavy atom. The fourth-order valence-electron chi connectivity index (χ4n) is 3.97. The van der Waals surface area contributed by atoms with Crippen molar-refractivity contribution in [2.24, 2.45) is 4.99 Å². The molecule has 1 heterocycles. The molecule has 0 aliphatic carbocycles. The van der Waals surface area contributed by atoms with Crippen molar-refractivity contribution >= 4 is 11.6 Å². The van der Waals surface area contributed by atoms with Gasteiger partial charge in [0.05, 0.1) is 28.4 Å². The Hall–Kier alpha value is -3.29. The third-order valence-corrected chi connectivity index (χ3v) is 5.69. The summed E-state index contributed by atoms with van der Waals surface area (Å²) in [6.07, 6.45) is 0.772. The molecule has 0 bridgehead atoms. The lowest BCUT2D eigenvalue weighted by atomic mass is 10.1. The predicted octanol–water partition coefficient (Wildman–Crippen LogP) is 2.66. The van der Waals surface area contributed by atoms with Crippen molar-refractivity contribution in [1.29, 1.82) is 0 Å². The Morgan fingerprint density at radius 3 is 2.09 bits per heavy atom. The number of nitrogens with zero attached hydrogens (tertiary/aromatic N) is 3. The van der Waals surface area contributed by atoms with Gasteiger partial charge in [-0.2, -0.15) is 0 Å². The summed E-state index contributed by atoms with van der Waals surface area (Å²) < 4.78 is 21.7. The zero-order valence-electron chi connectivity index (χ0n) is 19.7. The number of hydrogen-bond acceptors (Lipinski definition) is 6. The molecular weight excluding hydrogens is 408 g/mol. The summed E-state index contributed by atoms with van der Waals surface area (Å²) in [5.41, 5.74) is 2.27. The van der Waals surface area contributed by atoms with Crippen molar-refractivity contribution in [2.45, 2.75) is 6.42 Å². The van der Waals surface area contributed by atoms with E-state index >= 15 is 0 Å². The lowest BCUT2D eigenvalue weighted by molar-refractivity contribution is 0.322. The third kappa shape index (κ3) is 5.30. The molecule has 8 nitrogen and oxygen atoms in total. The minimum Gasteiger partial charge on any atom is -0.497 e. The van der Waals surface area contributed by atoms with Crippen LogP contribution in [0.25, 0.3) is 0 Å². The molecule has 1 aliphatic rings. The van der Waals surface area contributed by atoms with Crippen molar-refractivity contribution in [3.63, 3.8) is 0 Å². The Morgan fingerprint density at radius 1 is 0.844 bits per heavy atom. The highest BCUT2D eigenvalue weighted by Gasteiger charge is 2.20. The number of hydrogen-bond donors (Lipinski definition) is 1. The fraction of sp³-hybridized carbons (Fsp3) is 0.458. The number of piperazine rings is 1. The molecule has 2 aromatic rings. The van der Waals surface area contributed by atoms with E-state index in [1.54, 1.807) is 28.4 Å². The quantitative estimate of drug-likeness (QED) is 0.498. The number of guanidine groups is 1. The van der Waals surface area contributed by atoms with E-state index in [1.165, 1.54) is 5.69 Å². The van der Waals surface area contributed by atoms with Gasteiger partial charge in [0.2, 0.25) is 5.75 Å². The summed E-state index contributed by atoms with van der Waals surface area (Å²) in [6, 6.07) is 12.1. The SMILES string of the molecule is CN=C(NCCc1ccc(OC)c(OC)c1OC)N1CCN(c2ccc(OC)cc2)CC1. The summed E-state index contributed by atoms with van der Waals surface area (Å²) in [5.74, 6) is 3.77. The highest BCUT2D eigenvalue weighted by atomic mass is 16.5. The van der Waals surface area contributed by atoms with Crippen molar-refractivity contribution < 1.29 is 18.9 Å². The van der Waals surface area contributed by atoms with Crippen LogP contribution < -0.4 is 29.2 Å². The zero-order chi connectivity index (χ0) is 22.9. The van der Waals surface area contributed by atoms with Gasteiger partial charge in [-0.1, -0.05) is 6.07 Å². The Kier molecular flexibility index (Phi) is 8.30. The zero-order valence-corrected chi connectivity index (χ0v) is 19.7. The number of methoxy groups -OCH3 is 4. The van der Waals surface area contributed by atoms with Crippen LogP contribution in [-0.2, 0) is 6.42 Å². The maximum Gasteiger partial charge on any atom is 0.203 e. The van der Waals surface area contributed by atoms with Crippen LogP contribution in [0.3, 0.4) is 0 Å². The van der Waals surface area contributed by atoms with Gasteiger partial charge in [0.25, 0.3) is 0 Å². The fourth-order valence-corrected chi connectivity index (χ4v) is 3.97. The number of aliphatic imine (C=N–C) groups is 1. The number of benzene rings is 2. The highest BCUT2D eigenvalue weighted by molar-refractivity contribution is 5.80. The first-order chi connectivity index (χ1) is 15.6. The van der Waals surface area contributed by atoms with Crippen molar-refractivity contribution in [1.82, 2.24) is 10.2 Å². The molecule has 1 N–H and O–H groups in total. The van der Waals surface area contributed by atoms with E-state index in [2.05, 4.69) is 32.2 Å². The van der Waals surface area contributed by atoms with E-state index in [-0.39, 0.29) is 0 Å². The first-order valence-corrected chi connectivity index (χ1v) is 10.8. The van der Waals surface area contributed by atoms with E-state index in [4.69, 9.17) is 18.9 Å². The van der Waals surface area contributed by atoms with Crippen LogP contribution in [0.2, 0.25) is 0 Å². The standard InChI is InChI=1S/C24H34N4O4/c1-25-24(26-13-12-18-6-11-21(30-3)23(32-5)22(18)31-4)28-16-14-27(15-17-28)19-7-9-20(29-2)10-8-19/h6-11H,12-17H2,1-5H3,(H,25,26). The number of nitrogens with one attached hydrogen (secondary N) is 1. The van der Waals surface area contributed by atoms with Crippen LogP contribution >= 0.6 is 0 Å². The molecule has 1 fully saturated rings. The maximum absolute atomic E-state index is 5.59. The second kappa shape index (κ2) is 11.4. The summed E-state index contributed by atoms with van der Waals surface area (Å²) in [7, 11) is 8.41. The Bertz CT molecular complexity index is 894. The van der Waals surface area contributed by atoms with E-state index in [0.717, 1.165) is 56.4 Å². The van der Waals surface area contributed by atoms with E-state index < -0.39 is 0 Å². The average Bonchev–Trinajstić information content (AvgIpc) is 2.86. The molecule has 0 spiro atoms. The Labute approximate surface area is 190 Å². The topological polar surface area (TPSA) is 67.8 Å². The normalized spacial score (nSPS) is 14.2. The smallest absolute Gasteiger partial charge is 0.203 e. The van der Waals surface area contributed by atoms with Gasteiger partial charge >= 0.3 is 0 Å². The molecule has 0 amide bonds. The minimum atomic E-state index is 0.617. The van der Waals surface area contributed by atoms with Crippen molar-refractivity contribution in [2.75, 3.05) is 73.1 Å². The van der Waals surface area contributed by atoms with E-state index in [0.29, 0.717) is 17.2 Å². The van der Waals surface area contributed by atoms with E-state index in [1.807, 2.05) is 31.3 Å². The minimum absolute atomic E-state index is 0.617. The molecule has 0 aromatic heterocycles. The molecule has 0 unspecified atom stereocenters. The van der Waals surface area contributed by atoms with Gasteiger partial charge in [0, 0.05) is 51.0 Å². The number of ether oxygens (including phenoxy) is 4. The molecule has 32 heavy (non-hydrogen) atoms. The van der Waals surface area contributed by atoms with Crippen LogP contribution in [0.1, 0.15) is 5.56 Å². The molecule has 3 rings (SSSR count). The monoisotopic (exact) mass is 442 g/mol. The molecule has 0 saturated carbocycles. The molecule has 1 saturated heterocycles. The highest BCUT2D eigenvalue weighted by Crippen LogP contribution is 2.39. The molecule has 1 aliphatic heterocycles. The van der Waals surface area contributed by atoms with Gasteiger partial charge in [0.15, 0.2) is 17.5 Å². The molecule has 8 heteroatoms. The molecule has 0 atom stereocenters. The van der Waals surface area contributed by atoms with Gasteiger partial charge in [-0.25, -0.2) is 0 Å². The summed E-state index contributed by atoms with van der Waals surface area (Å²) in [4.78, 5) is 9.17. The number of rotatable bonds is 8. The third-order valence-electron chi connectivity index (χ3n) is 5.69. The van der Waals surface area contributed by atoms with Crippen molar-refractivity contribution in [3.8, 4) is 23.0 Å². The van der Waals surface area contributed by atoms with Gasteiger partial charge in [-0.3, -0.25) is 4.99 Å². The van der Waals surface area contributed by atoms with Gasteiger partial charge in [-0.05, 0) is 36.8 Å². The van der Waals surface area contributed by atoms with Crippen LogP contribution in [0.15, 0.2) is 41.4 Å². The molecule has 174 valence electrons. The lowest BCUT2D eigenvalue weighted by Gasteiger charge is -2.37. The summed E-state index contributed by atoms with van der Waals surface area (Å²) in [6.45, 7) is 4.43. The largest absolute Gasteiger partial charge is 0.497 e. The van der Waals surface area contributed by atoms with Crippen LogP contribution in [0.4, 0.5) is 5.69 Å². The summed E-state index contributed by atoms with van der Waals surface area (Å²) in [5, 5.41) is 3.49. The van der Waals surface area contributed by atoms with Crippen LogP contribution in [0, 0.1) is 0 Å². The first kappa shape index (κ1) is 23.4. The number of anilines is 1.